The molecule has 0 saturated heterocycles. The Labute approximate surface area is 108 Å². The number of hydrogen-bond acceptors (Lipinski definition) is 5. The molecule has 7 heteroatoms. The molecule has 1 heterocycles. The highest BCUT2D eigenvalue weighted by molar-refractivity contribution is 7.89. The number of hydrogen-bond donors (Lipinski definition) is 3. The van der Waals surface area contributed by atoms with Crippen LogP contribution in [0.25, 0.3) is 0 Å². The largest absolute Gasteiger partial charge is 0.323 e. The highest BCUT2D eigenvalue weighted by Gasteiger charge is 2.28. The number of nitrogens with two attached hydrogens (primary N) is 1. The molecule has 0 aliphatic carbocycles. The highest BCUT2D eigenvalue weighted by atomic mass is 32.2. The first-order valence-electron chi connectivity index (χ1n) is 5.83. The number of aromatic nitrogens is 1. The lowest BCUT2D eigenvalue weighted by Crippen LogP contribution is -2.45. The van der Waals surface area contributed by atoms with Crippen molar-refractivity contribution in [1.82, 2.24) is 9.71 Å². The van der Waals surface area contributed by atoms with E-state index in [0.717, 1.165) is 0 Å². The summed E-state index contributed by atoms with van der Waals surface area (Å²) in [5.41, 5.74) is 2.22. The van der Waals surface area contributed by atoms with E-state index in [1.54, 1.807) is 0 Å². The second-order valence-corrected chi connectivity index (χ2v) is 6.04. The number of nitrogens with one attached hydrogen (secondary N) is 2. The zero-order chi connectivity index (χ0) is 13.8. The molecule has 0 amide bonds. The minimum atomic E-state index is -3.64. The van der Waals surface area contributed by atoms with Gasteiger partial charge in [-0.15, -0.1) is 0 Å². The molecule has 1 rings (SSSR count). The van der Waals surface area contributed by atoms with Gasteiger partial charge in [0, 0.05) is 17.9 Å². The van der Waals surface area contributed by atoms with Crippen LogP contribution in [0.1, 0.15) is 33.6 Å². The van der Waals surface area contributed by atoms with E-state index in [2.05, 4.69) is 15.1 Å². The van der Waals surface area contributed by atoms with Gasteiger partial charge < -0.3 is 5.43 Å². The van der Waals surface area contributed by atoms with E-state index < -0.39 is 15.6 Å². The summed E-state index contributed by atoms with van der Waals surface area (Å²) in [7, 11) is -3.64. The number of anilines is 1. The number of sulfonamides is 1. The van der Waals surface area contributed by atoms with Gasteiger partial charge in [-0.1, -0.05) is 13.8 Å². The standard InChI is InChI=1S/C11H20N4O2S/c1-4-11(3,5-2)15-18(16,17)10-8-13-7-6-9(10)14-12/h6-8,15H,4-5,12H2,1-3H3,(H,13,14). The van der Waals surface area contributed by atoms with Crippen LogP contribution in [0, 0.1) is 0 Å². The first kappa shape index (κ1) is 14.9. The molecule has 0 saturated carbocycles. The number of pyridine rings is 1. The van der Waals surface area contributed by atoms with E-state index in [-0.39, 0.29) is 4.90 Å². The minimum absolute atomic E-state index is 0.0561. The Balaban J connectivity index is 3.14. The first-order chi connectivity index (χ1) is 8.38. The van der Waals surface area contributed by atoms with Crippen LogP contribution in [0.2, 0.25) is 0 Å². The Morgan fingerprint density at radius 1 is 1.39 bits per heavy atom. The van der Waals surface area contributed by atoms with Gasteiger partial charge in [0.15, 0.2) is 0 Å². The molecule has 0 bridgehead atoms. The van der Waals surface area contributed by atoms with Crippen LogP contribution in [0.15, 0.2) is 23.4 Å². The quantitative estimate of drug-likeness (QED) is 0.534. The van der Waals surface area contributed by atoms with Gasteiger partial charge in [0.1, 0.15) is 4.90 Å². The van der Waals surface area contributed by atoms with Crippen molar-refractivity contribution in [1.29, 1.82) is 0 Å². The third-order valence-electron chi connectivity index (χ3n) is 3.17. The van der Waals surface area contributed by atoms with Crippen molar-refractivity contribution < 1.29 is 8.42 Å². The summed E-state index contributed by atoms with van der Waals surface area (Å²) in [6.45, 7) is 5.76. The molecule has 0 fully saturated rings. The van der Waals surface area contributed by atoms with Crippen molar-refractivity contribution in [3.63, 3.8) is 0 Å². The van der Waals surface area contributed by atoms with Gasteiger partial charge in [0.25, 0.3) is 0 Å². The molecule has 0 radical (unpaired) electrons. The van der Waals surface area contributed by atoms with Crippen molar-refractivity contribution in [3.8, 4) is 0 Å². The summed E-state index contributed by atoms with van der Waals surface area (Å²) in [6, 6.07) is 1.52. The fraction of sp³-hybridized carbons (Fsp3) is 0.545. The molecule has 4 N–H and O–H groups in total. The molecule has 0 unspecified atom stereocenters. The average molecular weight is 272 g/mol. The van der Waals surface area contributed by atoms with E-state index in [0.29, 0.717) is 18.5 Å². The number of nitrogens with zero attached hydrogens (tertiary/aromatic N) is 1. The summed E-state index contributed by atoms with van der Waals surface area (Å²) >= 11 is 0. The van der Waals surface area contributed by atoms with Crippen molar-refractivity contribution in [3.05, 3.63) is 18.5 Å². The molecular weight excluding hydrogens is 252 g/mol. The monoisotopic (exact) mass is 272 g/mol. The Hall–Kier alpha value is -1.18. The smallest absolute Gasteiger partial charge is 0.244 e. The minimum Gasteiger partial charge on any atom is -0.323 e. The molecule has 0 aliphatic rings. The van der Waals surface area contributed by atoms with Crippen LogP contribution < -0.4 is 16.0 Å². The summed E-state index contributed by atoms with van der Waals surface area (Å²) in [6.07, 6.45) is 4.17. The maximum atomic E-state index is 12.3. The first-order valence-corrected chi connectivity index (χ1v) is 7.31. The summed E-state index contributed by atoms with van der Waals surface area (Å²) in [5, 5.41) is 0. The zero-order valence-electron chi connectivity index (χ0n) is 10.9. The predicted molar refractivity (Wildman–Crippen MR) is 71.4 cm³/mol. The lowest BCUT2D eigenvalue weighted by Gasteiger charge is -2.28. The van der Waals surface area contributed by atoms with Crippen LogP contribution >= 0.6 is 0 Å². The second kappa shape index (κ2) is 5.64. The molecule has 1 aromatic rings. The molecule has 0 aromatic carbocycles. The Bertz CT molecular complexity index is 498. The molecule has 0 spiro atoms. The van der Waals surface area contributed by atoms with Gasteiger partial charge in [-0.05, 0) is 25.8 Å². The van der Waals surface area contributed by atoms with Crippen molar-refractivity contribution in [2.45, 2.75) is 44.0 Å². The Kier molecular flexibility index (Phi) is 4.66. The van der Waals surface area contributed by atoms with Gasteiger partial charge in [-0.25, -0.2) is 13.1 Å². The SMILES string of the molecule is CCC(C)(CC)NS(=O)(=O)c1cnccc1NN. The molecule has 102 valence electrons. The normalized spacial score (nSPS) is 12.4. The van der Waals surface area contributed by atoms with E-state index >= 15 is 0 Å². The van der Waals surface area contributed by atoms with Crippen molar-refractivity contribution in [2.75, 3.05) is 5.43 Å². The Morgan fingerprint density at radius 2 is 2.00 bits per heavy atom. The second-order valence-electron chi connectivity index (χ2n) is 4.39. The number of rotatable bonds is 6. The average Bonchev–Trinajstić information content (AvgIpc) is 2.38. The van der Waals surface area contributed by atoms with Gasteiger partial charge in [-0.3, -0.25) is 10.8 Å². The Morgan fingerprint density at radius 3 is 2.50 bits per heavy atom. The van der Waals surface area contributed by atoms with E-state index in [4.69, 9.17) is 5.84 Å². The predicted octanol–water partition coefficient (Wildman–Crippen LogP) is 1.22. The molecule has 1 aromatic heterocycles. The molecule has 0 atom stereocenters. The molecular formula is C11H20N4O2S. The van der Waals surface area contributed by atoms with Crippen LogP contribution in [0.3, 0.4) is 0 Å². The van der Waals surface area contributed by atoms with Crippen molar-refractivity contribution in [2.24, 2.45) is 5.84 Å². The van der Waals surface area contributed by atoms with Crippen LogP contribution in [-0.4, -0.2) is 18.9 Å². The maximum absolute atomic E-state index is 12.3. The van der Waals surface area contributed by atoms with Gasteiger partial charge in [0.05, 0.1) is 5.69 Å². The third-order valence-corrected chi connectivity index (χ3v) is 4.84. The number of hydrazine groups is 1. The topological polar surface area (TPSA) is 97.1 Å². The zero-order valence-corrected chi connectivity index (χ0v) is 11.7. The summed E-state index contributed by atoms with van der Waals surface area (Å²) in [4.78, 5) is 3.88. The van der Waals surface area contributed by atoms with E-state index in [1.165, 1.54) is 18.5 Å². The third kappa shape index (κ3) is 3.18. The lowest BCUT2D eigenvalue weighted by molar-refractivity contribution is 0.388. The number of nitrogen functional groups attached to an aromatic ring is 1. The van der Waals surface area contributed by atoms with Crippen molar-refractivity contribution >= 4 is 15.7 Å². The van der Waals surface area contributed by atoms with Crippen LogP contribution in [0.4, 0.5) is 5.69 Å². The van der Waals surface area contributed by atoms with Crippen LogP contribution in [0.5, 0.6) is 0 Å². The summed E-state index contributed by atoms with van der Waals surface area (Å²) < 4.78 is 27.3. The van der Waals surface area contributed by atoms with Crippen LogP contribution in [-0.2, 0) is 10.0 Å². The maximum Gasteiger partial charge on any atom is 0.244 e. The molecule has 6 nitrogen and oxygen atoms in total. The fourth-order valence-electron chi connectivity index (χ4n) is 1.49. The van der Waals surface area contributed by atoms with Gasteiger partial charge >= 0.3 is 0 Å². The molecule has 0 aliphatic heterocycles. The van der Waals surface area contributed by atoms with E-state index in [9.17, 15) is 8.42 Å². The lowest BCUT2D eigenvalue weighted by atomic mass is 9.98. The summed E-state index contributed by atoms with van der Waals surface area (Å²) in [5.74, 6) is 5.31. The van der Waals surface area contributed by atoms with Gasteiger partial charge in [-0.2, -0.15) is 0 Å². The highest BCUT2D eigenvalue weighted by Crippen LogP contribution is 2.22. The van der Waals surface area contributed by atoms with Gasteiger partial charge in [0.2, 0.25) is 10.0 Å². The fourth-order valence-corrected chi connectivity index (χ4v) is 3.15. The van der Waals surface area contributed by atoms with E-state index in [1.807, 2.05) is 20.8 Å². The molecule has 18 heavy (non-hydrogen) atoms.